The van der Waals surface area contributed by atoms with Gasteiger partial charge in [0, 0.05) is 31.4 Å². The number of nitrogens with one attached hydrogen (secondary N) is 1. The van der Waals surface area contributed by atoms with E-state index in [0.717, 1.165) is 25.9 Å². The Morgan fingerprint density at radius 3 is 2.70 bits per heavy atom. The monoisotopic (exact) mass is 425 g/mol. The third-order valence-corrected chi connectivity index (χ3v) is 5.62. The molecule has 1 aliphatic heterocycles. The van der Waals surface area contributed by atoms with Crippen molar-refractivity contribution >= 4 is 12.2 Å². The molecule has 166 valence electrons. The molecule has 0 bridgehead atoms. The van der Waals surface area contributed by atoms with E-state index in [4.69, 9.17) is 14.2 Å². The molecule has 0 unspecified atom stereocenters. The van der Waals surface area contributed by atoms with E-state index in [0.29, 0.717) is 32.6 Å². The molecule has 3 rings (SSSR count). The number of aliphatic imine (C=N–C) groups is 1. The number of benzene rings is 1. The standard InChI is InChI=1S/C21H29F2N3O4/c1-28-20(27)21(6-2-3-7-21)25-15-24-14-16-4-5-17(19(23)18(16)22)30-13-10-26-8-11-29-12-9-26/h4-5,14,25H,2-3,6-13,15H2,1H3/b24-14+. The van der Waals surface area contributed by atoms with Crippen molar-refractivity contribution in [3.8, 4) is 5.75 Å². The SMILES string of the molecule is COC(=O)C1(NC/N=C/c2ccc(OCCN3CCOCC3)c(F)c2F)CCCC1. The largest absolute Gasteiger partial charge is 0.489 e. The van der Waals surface area contributed by atoms with Gasteiger partial charge in [-0.3, -0.25) is 20.0 Å². The highest BCUT2D eigenvalue weighted by atomic mass is 19.2. The molecule has 0 radical (unpaired) electrons. The van der Waals surface area contributed by atoms with Crippen LogP contribution in [0.2, 0.25) is 0 Å². The molecule has 1 heterocycles. The molecular formula is C21H29F2N3O4. The Labute approximate surface area is 175 Å². The summed E-state index contributed by atoms with van der Waals surface area (Å²) in [7, 11) is 1.36. The molecule has 2 fully saturated rings. The molecule has 0 aromatic heterocycles. The van der Waals surface area contributed by atoms with Crippen LogP contribution in [0.4, 0.5) is 8.78 Å². The number of hydrogen-bond donors (Lipinski definition) is 1. The van der Waals surface area contributed by atoms with Crippen molar-refractivity contribution < 1.29 is 27.8 Å². The van der Waals surface area contributed by atoms with Gasteiger partial charge < -0.3 is 14.2 Å². The zero-order chi connectivity index (χ0) is 21.4. The molecule has 7 nitrogen and oxygen atoms in total. The summed E-state index contributed by atoms with van der Waals surface area (Å²) >= 11 is 0. The second-order valence-corrected chi connectivity index (χ2v) is 7.51. The Kier molecular flexibility index (Phi) is 8.12. The predicted molar refractivity (Wildman–Crippen MR) is 108 cm³/mol. The van der Waals surface area contributed by atoms with Crippen molar-refractivity contribution in [2.45, 2.75) is 31.2 Å². The van der Waals surface area contributed by atoms with E-state index in [1.54, 1.807) is 0 Å². The number of morpholine rings is 1. The average molecular weight is 425 g/mol. The first kappa shape index (κ1) is 22.6. The lowest BCUT2D eigenvalue weighted by Gasteiger charge is -2.26. The molecule has 1 aromatic carbocycles. The number of rotatable bonds is 9. The van der Waals surface area contributed by atoms with Crippen LogP contribution in [0.1, 0.15) is 31.2 Å². The Morgan fingerprint density at radius 1 is 1.27 bits per heavy atom. The number of ether oxygens (including phenoxy) is 3. The van der Waals surface area contributed by atoms with Crippen LogP contribution in [-0.4, -0.2) is 75.9 Å². The Morgan fingerprint density at radius 2 is 2.00 bits per heavy atom. The summed E-state index contributed by atoms with van der Waals surface area (Å²) in [5, 5.41) is 3.09. The highest BCUT2D eigenvalue weighted by Crippen LogP contribution is 2.30. The van der Waals surface area contributed by atoms with E-state index in [9.17, 15) is 13.6 Å². The highest BCUT2D eigenvalue weighted by Gasteiger charge is 2.41. The van der Waals surface area contributed by atoms with E-state index in [2.05, 4.69) is 15.2 Å². The van der Waals surface area contributed by atoms with Gasteiger partial charge in [-0.15, -0.1) is 0 Å². The zero-order valence-electron chi connectivity index (χ0n) is 17.3. The minimum absolute atomic E-state index is 0.0216. The molecule has 2 aliphatic rings. The van der Waals surface area contributed by atoms with Gasteiger partial charge in [0.15, 0.2) is 11.6 Å². The number of halogens is 2. The maximum atomic E-state index is 14.4. The molecule has 1 N–H and O–H groups in total. The first-order valence-corrected chi connectivity index (χ1v) is 10.3. The van der Waals surface area contributed by atoms with Gasteiger partial charge in [-0.05, 0) is 25.0 Å². The average Bonchev–Trinajstić information content (AvgIpc) is 3.25. The van der Waals surface area contributed by atoms with Crippen LogP contribution in [0.5, 0.6) is 5.75 Å². The van der Waals surface area contributed by atoms with E-state index in [-0.39, 0.29) is 30.6 Å². The van der Waals surface area contributed by atoms with E-state index in [1.807, 2.05) is 0 Å². The van der Waals surface area contributed by atoms with E-state index < -0.39 is 17.2 Å². The minimum Gasteiger partial charge on any atom is -0.489 e. The number of carbonyl (C=O) groups is 1. The lowest BCUT2D eigenvalue weighted by atomic mass is 9.98. The molecule has 0 spiro atoms. The zero-order valence-corrected chi connectivity index (χ0v) is 17.3. The van der Waals surface area contributed by atoms with Crippen LogP contribution in [0.3, 0.4) is 0 Å². The fourth-order valence-corrected chi connectivity index (χ4v) is 3.84. The summed E-state index contributed by atoms with van der Waals surface area (Å²) in [6.45, 7) is 3.96. The maximum absolute atomic E-state index is 14.4. The predicted octanol–water partition coefficient (Wildman–Crippen LogP) is 2.13. The Balaban J connectivity index is 1.52. The van der Waals surface area contributed by atoms with Crippen molar-refractivity contribution in [1.82, 2.24) is 10.2 Å². The molecule has 0 amide bonds. The lowest BCUT2D eigenvalue weighted by molar-refractivity contribution is -0.148. The summed E-state index contributed by atoms with van der Waals surface area (Å²) in [6, 6.07) is 2.83. The molecule has 1 saturated carbocycles. The number of hydrogen-bond acceptors (Lipinski definition) is 7. The van der Waals surface area contributed by atoms with Gasteiger partial charge in [0.1, 0.15) is 12.1 Å². The van der Waals surface area contributed by atoms with Crippen molar-refractivity contribution in [3.63, 3.8) is 0 Å². The number of esters is 1. The molecule has 9 heteroatoms. The van der Waals surface area contributed by atoms with Crippen LogP contribution >= 0.6 is 0 Å². The van der Waals surface area contributed by atoms with Crippen LogP contribution < -0.4 is 10.1 Å². The van der Waals surface area contributed by atoms with Gasteiger partial charge in [0.2, 0.25) is 5.82 Å². The summed E-state index contributed by atoms with van der Waals surface area (Å²) < 4.78 is 44.3. The third-order valence-electron chi connectivity index (χ3n) is 5.62. The fourth-order valence-electron chi connectivity index (χ4n) is 3.84. The fraction of sp³-hybridized carbons (Fsp3) is 0.619. The third kappa shape index (κ3) is 5.53. The summed E-state index contributed by atoms with van der Waals surface area (Å²) in [4.78, 5) is 18.3. The van der Waals surface area contributed by atoms with Gasteiger partial charge in [0.05, 0.1) is 27.0 Å². The van der Waals surface area contributed by atoms with Gasteiger partial charge >= 0.3 is 5.97 Å². The van der Waals surface area contributed by atoms with Crippen molar-refractivity contribution in [3.05, 3.63) is 29.3 Å². The molecule has 1 saturated heterocycles. The normalized spacial score (nSPS) is 19.3. The molecular weight excluding hydrogens is 396 g/mol. The minimum atomic E-state index is -1.03. The summed E-state index contributed by atoms with van der Waals surface area (Å²) in [5.74, 6) is -2.47. The van der Waals surface area contributed by atoms with Gasteiger partial charge in [0.25, 0.3) is 0 Å². The van der Waals surface area contributed by atoms with Crippen LogP contribution in [0.25, 0.3) is 0 Å². The lowest BCUT2D eigenvalue weighted by Crippen LogP contribution is -2.50. The topological polar surface area (TPSA) is 72.4 Å². The maximum Gasteiger partial charge on any atom is 0.326 e. The number of methoxy groups -OCH3 is 1. The van der Waals surface area contributed by atoms with Crippen LogP contribution in [-0.2, 0) is 14.3 Å². The van der Waals surface area contributed by atoms with E-state index >= 15 is 0 Å². The Hall–Kier alpha value is -2.10. The first-order valence-electron chi connectivity index (χ1n) is 10.3. The second kappa shape index (κ2) is 10.8. The van der Waals surface area contributed by atoms with Gasteiger partial charge in [-0.2, -0.15) is 4.39 Å². The number of carbonyl (C=O) groups excluding carboxylic acids is 1. The number of nitrogens with zero attached hydrogens (tertiary/aromatic N) is 2. The Bertz CT molecular complexity index is 748. The van der Waals surface area contributed by atoms with Crippen molar-refractivity contribution in [2.24, 2.45) is 4.99 Å². The van der Waals surface area contributed by atoms with Crippen molar-refractivity contribution in [2.75, 3.05) is 53.2 Å². The van der Waals surface area contributed by atoms with Gasteiger partial charge in [-0.25, -0.2) is 4.39 Å². The molecule has 30 heavy (non-hydrogen) atoms. The second-order valence-electron chi connectivity index (χ2n) is 7.51. The summed E-state index contributed by atoms with van der Waals surface area (Å²) in [6.07, 6.45) is 4.46. The molecule has 1 aromatic rings. The quantitative estimate of drug-likeness (QED) is 0.483. The highest BCUT2D eigenvalue weighted by molar-refractivity contribution is 5.82. The van der Waals surface area contributed by atoms with Crippen LogP contribution in [0, 0.1) is 11.6 Å². The molecule has 0 atom stereocenters. The summed E-state index contributed by atoms with van der Waals surface area (Å²) in [5.41, 5.74) is -0.720. The molecule has 1 aliphatic carbocycles. The van der Waals surface area contributed by atoms with Crippen LogP contribution in [0.15, 0.2) is 17.1 Å². The smallest absolute Gasteiger partial charge is 0.326 e. The van der Waals surface area contributed by atoms with Crippen molar-refractivity contribution in [1.29, 1.82) is 0 Å². The van der Waals surface area contributed by atoms with E-state index in [1.165, 1.54) is 25.5 Å². The first-order chi connectivity index (χ1) is 14.6. The van der Waals surface area contributed by atoms with Gasteiger partial charge in [-0.1, -0.05) is 12.8 Å².